The van der Waals surface area contributed by atoms with E-state index in [2.05, 4.69) is 41.9 Å². The van der Waals surface area contributed by atoms with Crippen LogP contribution in [0.2, 0.25) is 0 Å². The number of nitrogens with two attached hydrogens (primary N) is 1. The fourth-order valence-corrected chi connectivity index (χ4v) is 10.9. The van der Waals surface area contributed by atoms with Gasteiger partial charge in [0.05, 0.1) is 17.8 Å². The molecule has 0 unspecified atom stereocenters. The molecule has 480 valence electrons. The Morgan fingerprint density at radius 1 is 0.705 bits per heavy atom. The Morgan fingerprint density at radius 3 is 1.85 bits per heavy atom. The van der Waals surface area contributed by atoms with Crippen LogP contribution < -0.4 is 47.7 Å². The second kappa shape index (κ2) is 33.1. The standard InChI is InChI=1S/C63H89N11O13S/c1-39(2)48(73(12)59(82)54(62(6,7)8)71-58(81)53(65-11)63(9,10)44-20-15-13-16-21-44)36-41(5)55(78)72-88(85,86)38-43-26-30-46(31-27-43)68-61(84)87-37-42-24-28-45(29-25-42)67-56(79)47(22-19-34-66-60(64)83)69-57(80)52(40(3)4)70-49(75)23-17-14-18-35-74-50(76)32-33-51(74)77/h13,15-16,20-21,24-33,36,39-40,47-48,52-54,65H,14,17-19,22-23,34-35,37-38H2,1-12H3,(H,67,79)(H,68,84)(H,69,80)(H,70,75)(H,71,81)(H,72,78)(H3,64,66,83)/b41-36+/t47-,48-,52-,53-,54-/m1/s1. The van der Waals surface area contributed by atoms with E-state index in [4.69, 9.17) is 10.5 Å². The summed E-state index contributed by atoms with van der Waals surface area (Å²) in [6.45, 7) is 18.3. The molecule has 1 aliphatic rings. The highest BCUT2D eigenvalue weighted by atomic mass is 32.2. The Kier molecular flexibility index (Phi) is 27.1. The number of nitrogens with one attached hydrogen (secondary N) is 8. The summed E-state index contributed by atoms with van der Waals surface area (Å²) < 4.78 is 34.1. The number of urea groups is 1. The number of primary amides is 1. The number of imide groups is 1. The third-order valence-corrected chi connectivity index (χ3v) is 16.1. The van der Waals surface area contributed by atoms with Gasteiger partial charge in [-0.15, -0.1) is 0 Å². The van der Waals surface area contributed by atoms with Crippen LogP contribution in [-0.2, 0) is 70.9 Å². The molecule has 0 radical (unpaired) electrons. The molecule has 5 atom stereocenters. The minimum Gasteiger partial charge on any atom is -0.444 e. The first-order valence-electron chi connectivity index (χ1n) is 29.4. The molecule has 0 saturated heterocycles. The normalized spacial score (nSPS) is 14.5. The zero-order chi connectivity index (χ0) is 65.7. The Labute approximate surface area is 516 Å². The average molecular weight is 1240 g/mol. The molecule has 0 aliphatic carbocycles. The minimum absolute atomic E-state index is 0.0469. The summed E-state index contributed by atoms with van der Waals surface area (Å²) in [5, 5.41) is 19.4. The van der Waals surface area contributed by atoms with Crippen LogP contribution in [-0.4, -0.2) is 135 Å². The molecule has 0 fully saturated rings. The van der Waals surface area contributed by atoms with Crippen LogP contribution in [0.1, 0.15) is 124 Å². The second-order valence-corrected chi connectivity index (χ2v) is 25.9. The van der Waals surface area contributed by atoms with E-state index in [1.807, 2.05) is 78.8 Å². The van der Waals surface area contributed by atoms with Crippen molar-refractivity contribution < 1.29 is 61.1 Å². The fourth-order valence-electron chi connectivity index (χ4n) is 9.75. The van der Waals surface area contributed by atoms with Gasteiger partial charge in [0.2, 0.25) is 39.6 Å². The number of sulfonamides is 1. The molecular weight excluding hydrogens is 1150 g/mol. The lowest BCUT2D eigenvalue weighted by Crippen LogP contribution is -2.61. The van der Waals surface area contributed by atoms with Crippen LogP contribution in [0.5, 0.6) is 0 Å². The van der Waals surface area contributed by atoms with Gasteiger partial charge in [0.25, 0.3) is 17.7 Å². The van der Waals surface area contributed by atoms with Gasteiger partial charge in [-0.05, 0) is 97.9 Å². The smallest absolute Gasteiger partial charge is 0.411 e. The van der Waals surface area contributed by atoms with Gasteiger partial charge in [-0.1, -0.05) is 129 Å². The summed E-state index contributed by atoms with van der Waals surface area (Å²) in [5.74, 6) is -5.15. The summed E-state index contributed by atoms with van der Waals surface area (Å²) >= 11 is 0. The lowest BCUT2D eigenvalue weighted by atomic mass is 9.76. The Morgan fingerprint density at radius 2 is 1.30 bits per heavy atom. The third kappa shape index (κ3) is 22.4. The van der Waals surface area contributed by atoms with E-state index in [0.717, 1.165) is 10.5 Å². The van der Waals surface area contributed by atoms with Gasteiger partial charge in [-0.25, -0.2) is 22.7 Å². The van der Waals surface area contributed by atoms with E-state index in [0.29, 0.717) is 36.1 Å². The highest BCUT2D eigenvalue weighted by Gasteiger charge is 2.42. The van der Waals surface area contributed by atoms with Crippen LogP contribution in [0.4, 0.5) is 21.0 Å². The maximum Gasteiger partial charge on any atom is 0.411 e. The van der Waals surface area contributed by atoms with Gasteiger partial charge >= 0.3 is 12.1 Å². The molecular formula is C63H89N11O13S. The molecule has 24 nitrogen and oxygen atoms in total. The van der Waals surface area contributed by atoms with Gasteiger partial charge in [0, 0.05) is 61.1 Å². The Balaban J connectivity index is 1.29. The summed E-state index contributed by atoms with van der Waals surface area (Å²) in [7, 11) is -0.972. The highest BCUT2D eigenvalue weighted by Crippen LogP contribution is 2.29. The van der Waals surface area contributed by atoms with Gasteiger partial charge in [0.15, 0.2) is 0 Å². The number of rotatable bonds is 32. The number of unbranched alkanes of at least 4 members (excludes halogenated alkanes) is 2. The molecule has 0 aromatic heterocycles. The van der Waals surface area contributed by atoms with Gasteiger partial charge in [0.1, 0.15) is 24.7 Å². The van der Waals surface area contributed by atoms with E-state index < -0.39 is 92.6 Å². The number of hydrogen-bond donors (Lipinski definition) is 9. The lowest BCUT2D eigenvalue weighted by molar-refractivity contribution is -0.141. The summed E-state index contributed by atoms with van der Waals surface area (Å²) in [6, 6.07) is 16.6. The largest absolute Gasteiger partial charge is 0.444 e. The van der Waals surface area contributed by atoms with Crippen molar-refractivity contribution in [2.45, 2.75) is 156 Å². The van der Waals surface area contributed by atoms with Crippen molar-refractivity contribution in [1.29, 1.82) is 0 Å². The SMILES string of the molecule is CN[C@H](C(=O)N[C@H](C(=O)N(C)[C@H](/C=C(\C)C(=O)NS(=O)(=O)Cc1ccc(NC(=O)OCc2ccc(NC(=O)[C@@H](CCCNC(N)=O)NC(=O)[C@H](NC(=O)CCCCCN3C(=O)C=CC3=O)C(C)C)cc2)cc1)C(C)C)C(C)(C)C)C(C)(C)c1ccccc1. The van der Waals surface area contributed by atoms with Crippen LogP contribution >= 0.6 is 0 Å². The number of anilines is 2. The number of carbonyl (C=O) groups is 10. The third-order valence-electron chi connectivity index (χ3n) is 14.9. The first-order chi connectivity index (χ1) is 41.2. The van der Waals surface area contributed by atoms with Crippen molar-refractivity contribution in [1.82, 2.24) is 41.1 Å². The molecule has 25 heteroatoms. The molecule has 0 saturated carbocycles. The Hall–Kier alpha value is -8.45. The number of ether oxygens (including phenoxy) is 1. The van der Waals surface area contributed by atoms with E-state index >= 15 is 0 Å². The predicted octanol–water partition coefficient (Wildman–Crippen LogP) is 5.41. The van der Waals surface area contributed by atoms with E-state index in [9.17, 15) is 56.4 Å². The minimum atomic E-state index is -4.25. The van der Waals surface area contributed by atoms with Crippen LogP contribution in [0.25, 0.3) is 0 Å². The zero-order valence-electron chi connectivity index (χ0n) is 52.5. The zero-order valence-corrected chi connectivity index (χ0v) is 53.4. The van der Waals surface area contributed by atoms with Gasteiger partial charge in [-0.2, -0.15) is 0 Å². The maximum atomic E-state index is 14.4. The highest BCUT2D eigenvalue weighted by molar-refractivity contribution is 7.89. The molecule has 88 heavy (non-hydrogen) atoms. The van der Waals surface area contributed by atoms with Crippen molar-refractivity contribution in [2.24, 2.45) is 23.0 Å². The van der Waals surface area contributed by atoms with Crippen LogP contribution in [0.15, 0.2) is 103 Å². The van der Waals surface area contributed by atoms with E-state index in [-0.39, 0.29) is 85.7 Å². The monoisotopic (exact) mass is 1240 g/mol. The number of likely N-dealkylation sites (N-methyl/N-ethyl adjacent to an activating group) is 2. The second-order valence-electron chi connectivity index (χ2n) is 24.2. The Bertz CT molecular complexity index is 3110. The molecule has 3 aromatic carbocycles. The first-order valence-corrected chi connectivity index (χ1v) is 31.0. The van der Waals surface area contributed by atoms with Crippen molar-refractivity contribution in [3.8, 4) is 0 Å². The predicted molar refractivity (Wildman–Crippen MR) is 335 cm³/mol. The van der Waals surface area contributed by atoms with Crippen LogP contribution in [0.3, 0.4) is 0 Å². The quantitative estimate of drug-likeness (QED) is 0.0215. The maximum absolute atomic E-state index is 14.4. The van der Waals surface area contributed by atoms with Gasteiger partial charge in [-0.3, -0.25) is 48.6 Å². The molecule has 0 bridgehead atoms. The fraction of sp³-hybridized carbons (Fsp3) is 0.492. The number of benzene rings is 3. The van der Waals surface area contributed by atoms with Crippen molar-refractivity contribution in [3.63, 3.8) is 0 Å². The number of carbonyl (C=O) groups excluding carboxylic acids is 10. The van der Waals surface area contributed by atoms with Crippen molar-refractivity contribution in [2.75, 3.05) is 37.8 Å². The molecule has 1 aliphatic heterocycles. The average Bonchev–Trinajstić information content (AvgIpc) is 2.06. The summed E-state index contributed by atoms with van der Waals surface area (Å²) in [4.78, 5) is 132. The van der Waals surface area contributed by atoms with Crippen LogP contribution in [0, 0.1) is 17.3 Å². The summed E-state index contributed by atoms with van der Waals surface area (Å²) in [5.41, 5.74) is 6.28. The number of nitrogens with zero attached hydrogens (tertiary/aromatic N) is 2. The van der Waals surface area contributed by atoms with Crippen molar-refractivity contribution in [3.05, 3.63) is 119 Å². The lowest BCUT2D eigenvalue weighted by Gasteiger charge is -2.40. The number of hydrogen-bond acceptors (Lipinski definition) is 14. The number of amides is 11. The van der Waals surface area contributed by atoms with E-state index in [1.54, 1.807) is 52.2 Å². The molecule has 3 aromatic rings. The van der Waals surface area contributed by atoms with E-state index in [1.165, 1.54) is 54.3 Å². The molecule has 11 amide bonds. The van der Waals surface area contributed by atoms with Crippen molar-refractivity contribution >= 4 is 80.8 Å². The molecule has 0 spiro atoms. The molecule has 1 heterocycles. The first kappa shape index (κ1) is 72.0. The molecule has 4 rings (SSSR count). The summed E-state index contributed by atoms with van der Waals surface area (Å²) in [6.07, 6.45) is 5.09. The molecule has 10 N–H and O–H groups in total. The topological polar surface area (TPSA) is 343 Å². The van der Waals surface area contributed by atoms with Gasteiger partial charge < -0.3 is 47.3 Å².